The molecule has 1 aromatic heterocycles. The second kappa shape index (κ2) is 6.00. The van der Waals surface area contributed by atoms with Crippen LogP contribution >= 0.6 is 0 Å². The Bertz CT molecular complexity index is 507. The summed E-state index contributed by atoms with van der Waals surface area (Å²) in [6.45, 7) is 1.83. The molecule has 0 aliphatic rings. The number of nitrogens with zero attached hydrogens (tertiary/aromatic N) is 1. The average Bonchev–Trinajstić information content (AvgIpc) is 2.31. The van der Waals surface area contributed by atoms with Crippen molar-refractivity contribution in [2.45, 2.75) is 25.8 Å². The van der Waals surface area contributed by atoms with Crippen LogP contribution in [0, 0.1) is 0 Å². The number of aliphatic carboxylic acids is 1. The van der Waals surface area contributed by atoms with Gasteiger partial charge in [-0.3, -0.25) is 9.59 Å². The Balaban J connectivity index is 2.83. The van der Waals surface area contributed by atoms with Gasteiger partial charge in [-0.15, -0.1) is 0 Å². The minimum atomic E-state index is -1.07. The maximum Gasteiger partial charge on any atom is 0.326 e. The molecule has 0 bridgehead atoms. The van der Waals surface area contributed by atoms with Gasteiger partial charge in [-0.05, 0) is 12.5 Å². The Kier molecular flexibility index (Phi) is 4.65. The summed E-state index contributed by atoms with van der Waals surface area (Å²) in [5.41, 5.74) is -0.148. The molecule has 0 aliphatic heterocycles. The number of hydrogen-bond acceptors (Lipinski definition) is 3. The minimum Gasteiger partial charge on any atom is -0.480 e. The molecule has 6 nitrogen and oxygen atoms in total. The summed E-state index contributed by atoms with van der Waals surface area (Å²) < 4.78 is 1.33. The van der Waals surface area contributed by atoms with Gasteiger partial charge in [0.25, 0.3) is 11.5 Å². The minimum absolute atomic E-state index is 0.167. The zero-order chi connectivity index (χ0) is 13.7. The number of carbonyl (C=O) groups is 2. The lowest BCUT2D eigenvalue weighted by Crippen LogP contribution is -2.41. The summed E-state index contributed by atoms with van der Waals surface area (Å²) in [5, 5.41) is 11.3. The predicted octanol–water partition coefficient (Wildman–Crippen LogP) is 0.368. The van der Waals surface area contributed by atoms with E-state index in [-0.39, 0.29) is 11.1 Å². The van der Waals surface area contributed by atoms with Gasteiger partial charge < -0.3 is 15.0 Å². The molecular weight excluding hydrogens is 236 g/mol. The Morgan fingerprint density at radius 1 is 1.50 bits per heavy atom. The van der Waals surface area contributed by atoms with E-state index in [0.717, 1.165) is 0 Å². The first-order valence-electron chi connectivity index (χ1n) is 5.66. The van der Waals surface area contributed by atoms with Crippen LogP contribution in [-0.4, -0.2) is 27.6 Å². The van der Waals surface area contributed by atoms with Gasteiger partial charge in [0.05, 0.1) is 0 Å². The molecule has 1 atom stereocenters. The SMILES string of the molecule is CCC[C@@H](NC(=O)c1ccn(C)c(=O)c1)C(=O)O. The molecule has 0 fully saturated rings. The Morgan fingerprint density at radius 3 is 2.67 bits per heavy atom. The molecule has 0 saturated heterocycles. The molecule has 0 unspecified atom stereocenters. The van der Waals surface area contributed by atoms with E-state index in [1.165, 1.54) is 22.9 Å². The van der Waals surface area contributed by atoms with Gasteiger partial charge in [0.1, 0.15) is 6.04 Å². The number of carboxylic acids is 1. The van der Waals surface area contributed by atoms with Crippen LogP contribution in [0.3, 0.4) is 0 Å². The molecule has 2 N–H and O–H groups in total. The summed E-state index contributed by atoms with van der Waals surface area (Å²) in [4.78, 5) is 34.0. The van der Waals surface area contributed by atoms with Crippen LogP contribution in [-0.2, 0) is 11.8 Å². The van der Waals surface area contributed by atoms with E-state index in [1.54, 1.807) is 7.05 Å². The quantitative estimate of drug-likeness (QED) is 0.792. The molecule has 6 heteroatoms. The Hall–Kier alpha value is -2.11. The number of hydrogen-bond donors (Lipinski definition) is 2. The van der Waals surface area contributed by atoms with Gasteiger partial charge in [0.15, 0.2) is 0 Å². The Labute approximate surface area is 104 Å². The highest BCUT2D eigenvalue weighted by atomic mass is 16.4. The zero-order valence-corrected chi connectivity index (χ0v) is 10.3. The average molecular weight is 252 g/mol. The van der Waals surface area contributed by atoms with Crippen LogP contribution in [0.15, 0.2) is 23.1 Å². The highest BCUT2D eigenvalue weighted by molar-refractivity contribution is 5.96. The van der Waals surface area contributed by atoms with Crippen molar-refractivity contribution in [1.82, 2.24) is 9.88 Å². The maximum atomic E-state index is 11.8. The molecule has 0 aliphatic carbocycles. The fraction of sp³-hybridized carbons (Fsp3) is 0.417. The first-order valence-corrected chi connectivity index (χ1v) is 5.66. The summed E-state index contributed by atoms with van der Waals surface area (Å²) in [7, 11) is 1.57. The van der Waals surface area contributed by atoms with E-state index in [9.17, 15) is 14.4 Å². The number of rotatable bonds is 5. The van der Waals surface area contributed by atoms with Gasteiger partial charge >= 0.3 is 5.97 Å². The van der Waals surface area contributed by atoms with Crippen molar-refractivity contribution in [3.63, 3.8) is 0 Å². The third-order valence-corrected chi connectivity index (χ3v) is 2.55. The number of pyridine rings is 1. The van der Waals surface area contributed by atoms with E-state index in [0.29, 0.717) is 12.8 Å². The fourth-order valence-electron chi connectivity index (χ4n) is 1.48. The van der Waals surface area contributed by atoms with Crippen molar-refractivity contribution in [2.24, 2.45) is 7.05 Å². The number of amides is 1. The lowest BCUT2D eigenvalue weighted by molar-refractivity contribution is -0.139. The molecule has 98 valence electrons. The zero-order valence-electron chi connectivity index (χ0n) is 10.3. The molecule has 1 rings (SSSR count). The topological polar surface area (TPSA) is 88.4 Å². The normalized spacial score (nSPS) is 11.9. The van der Waals surface area contributed by atoms with Crippen molar-refractivity contribution in [2.75, 3.05) is 0 Å². The van der Waals surface area contributed by atoms with Crippen molar-refractivity contribution < 1.29 is 14.7 Å². The molecule has 1 heterocycles. The maximum absolute atomic E-state index is 11.8. The number of aryl methyl sites for hydroxylation is 1. The van der Waals surface area contributed by atoms with Gasteiger partial charge in [0.2, 0.25) is 0 Å². The van der Waals surface area contributed by atoms with E-state index in [2.05, 4.69) is 5.32 Å². The molecule has 1 aromatic rings. The van der Waals surface area contributed by atoms with Crippen molar-refractivity contribution in [1.29, 1.82) is 0 Å². The van der Waals surface area contributed by atoms with E-state index < -0.39 is 17.9 Å². The fourth-order valence-corrected chi connectivity index (χ4v) is 1.48. The highest BCUT2D eigenvalue weighted by Gasteiger charge is 2.19. The summed E-state index contributed by atoms with van der Waals surface area (Å²) in [6, 6.07) is 1.73. The lowest BCUT2D eigenvalue weighted by atomic mass is 10.1. The molecule has 1 amide bonds. The van der Waals surface area contributed by atoms with Crippen LogP contribution in [0.1, 0.15) is 30.1 Å². The van der Waals surface area contributed by atoms with Crippen LogP contribution in [0.5, 0.6) is 0 Å². The van der Waals surface area contributed by atoms with Crippen LogP contribution in [0.2, 0.25) is 0 Å². The third kappa shape index (κ3) is 3.44. The standard InChI is InChI=1S/C12H16N2O4/c1-3-4-9(12(17)18)13-11(16)8-5-6-14(2)10(15)7-8/h5-7,9H,3-4H2,1-2H3,(H,13,16)(H,17,18)/t9-/m1/s1. The van der Waals surface area contributed by atoms with Gasteiger partial charge in [-0.25, -0.2) is 4.79 Å². The predicted molar refractivity (Wildman–Crippen MR) is 65.5 cm³/mol. The number of carboxylic acid groups (broad SMARTS) is 1. The van der Waals surface area contributed by atoms with Crippen LogP contribution in [0.25, 0.3) is 0 Å². The van der Waals surface area contributed by atoms with Crippen LogP contribution in [0.4, 0.5) is 0 Å². The van der Waals surface area contributed by atoms with Gasteiger partial charge in [0, 0.05) is 24.9 Å². The monoisotopic (exact) mass is 252 g/mol. The van der Waals surface area contributed by atoms with Gasteiger partial charge in [-0.2, -0.15) is 0 Å². The molecule has 0 spiro atoms. The Morgan fingerprint density at radius 2 is 2.17 bits per heavy atom. The first-order chi connectivity index (χ1) is 8.45. The molecule has 0 saturated carbocycles. The number of carbonyl (C=O) groups excluding carboxylic acids is 1. The summed E-state index contributed by atoms with van der Waals surface area (Å²) in [5.74, 6) is -1.62. The summed E-state index contributed by atoms with van der Waals surface area (Å²) >= 11 is 0. The van der Waals surface area contributed by atoms with Crippen molar-refractivity contribution >= 4 is 11.9 Å². The van der Waals surface area contributed by atoms with E-state index in [1.807, 2.05) is 6.92 Å². The van der Waals surface area contributed by atoms with E-state index >= 15 is 0 Å². The second-order valence-electron chi connectivity index (χ2n) is 4.02. The van der Waals surface area contributed by atoms with Gasteiger partial charge in [-0.1, -0.05) is 13.3 Å². The highest BCUT2D eigenvalue weighted by Crippen LogP contribution is 2.00. The molecule has 18 heavy (non-hydrogen) atoms. The van der Waals surface area contributed by atoms with Crippen molar-refractivity contribution in [3.8, 4) is 0 Å². The lowest BCUT2D eigenvalue weighted by Gasteiger charge is -2.13. The number of aromatic nitrogens is 1. The molecule has 0 radical (unpaired) electrons. The van der Waals surface area contributed by atoms with Crippen LogP contribution < -0.4 is 10.9 Å². The molecular formula is C12H16N2O4. The first kappa shape index (κ1) is 14.0. The largest absolute Gasteiger partial charge is 0.480 e. The smallest absolute Gasteiger partial charge is 0.326 e. The second-order valence-corrected chi connectivity index (χ2v) is 4.02. The van der Waals surface area contributed by atoms with Crippen molar-refractivity contribution in [3.05, 3.63) is 34.2 Å². The number of nitrogens with one attached hydrogen (secondary N) is 1. The summed E-state index contributed by atoms with van der Waals surface area (Å²) in [6.07, 6.45) is 2.46. The third-order valence-electron chi connectivity index (χ3n) is 2.55. The van der Waals surface area contributed by atoms with E-state index in [4.69, 9.17) is 5.11 Å². The molecule has 0 aromatic carbocycles.